The molecule has 3 rings (SSSR count). The number of pyridine rings is 2. The number of hydrogen-bond acceptors (Lipinski definition) is 3. The van der Waals surface area contributed by atoms with E-state index < -0.39 is 0 Å². The third-order valence-corrected chi connectivity index (χ3v) is 2.32. The molecule has 104 valence electrons. The molecule has 3 nitrogen and oxygen atoms in total. The van der Waals surface area contributed by atoms with Crippen LogP contribution in [0.3, 0.4) is 0 Å². The highest BCUT2D eigenvalue weighted by molar-refractivity contribution is 5.05. The summed E-state index contributed by atoms with van der Waals surface area (Å²) in [5.74, 6) is 0. The molecule has 0 saturated heterocycles. The molecule has 3 heterocycles. The van der Waals surface area contributed by atoms with Crippen LogP contribution in [0.4, 0.5) is 0 Å². The van der Waals surface area contributed by atoms with Gasteiger partial charge in [-0.1, -0.05) is 6.07 Å². The molecule has 0 bridgehead atoms. The van der Waals surface area contributed by atoms with Gasteiger partial charge in [-0.25, -0.2) is 0 Å². The molecular weight excluding hydrogens is 248 g/mol. The van der Waals surface area contributed by atoms with Gasteiger partial charge in [-0.2, -0.15) is 0 Å². The van der Waals surface area contributed by atoms with Crippen LogP contribution in [0, 0.1) is 20.8 Å². The lowest BCUT2D eigenvalue weighted by molar-refractivity contribution is 0.565. The minimum absolute atomic E-state index is 1.07. The van der Waals surface area contributed by atoms with Crippen molar-refractivity contribution in [3.05, 3.63) is 84.3 Å². The minimum Gasteiger partial charge on any atom is -0.472 e. The molecule has 0 aliphatic rings. The molecule has 0 saturated carbocycles. The molecular formula is C17H20N2O. The molecule has 0 radical (unpaired) electrons. The van der Waals surface area contributed by atoms with E-state index >= 15 is 0 Å². The Morgan fingerprint density at radius 3 is 1.80 bits per heavy atom. The van der Waals surface area contributed by atoms with Crippen molar-refractivity contribution in [2.45, 2.75) is 20.8 Å². The number of nitrogens with zero attached hydrogens (tertiary/aromatic N) is 2. The molecule has 0 spiro atoms. The zero-order chi connectivity index (χ0) is 14.6. The van der Waals surface area contributed by atoms with Crippen LogP contribution in [0.15, 0.2) is 71.9 Å². The van der Waals surface area contributed by atoms with E-state index in [2.05, 4.69) is 9.97 Å². The first-order valence-corrected chi connectivity index (χ1v) is 6.41. The fourth-order valence-electron chi connectivity index (χ4n) is 1.21. The number of aromatic nitrogens is 2. The van der Waals surface area contributed by atoms with E-state index in [0.717, 1.165) is 5.69 Å². The van der Waals surface area contributed by atoms with Gasteiger partial charge >= 0.3 is 0 Å². The first kappa shape index (κ1) is 15.6. The SMILES string of the molecule is Cc1ccccn1.Cc1ccncc1.Cc1ccoc1. The van der Waals surface area contributed by atoms with Crippen LogP contribution in [0.5, 0.6) is 0 Å². The Hall–Kier alpha value is -2.42. The number of rotatable bonds is 0. The molecule has 0 N–H and O–H groups in total. The summed E-state index contributed by atoms with van der Waals surface area (Å²) in [6, 6.07) is 11.7. The Kier molecular flexibility index (Phi) is 7.43. The molecule has 0 aromatic carbocycles. The fourth-order valence-corrected chi connectivity index (χ4v) is 1.21. The van der Waals surface area contributed by atoms with Crippen molar-refractivity contribution in [2.75, 3.05) is 0 Å². The Morgan fingerprint density at radius 1 is 0.800 bits per heavy atom. The van der Waals surface area contributed by atoms with Gasteiger partial charge in [-0.05, 0) is 62.2 Å². The van der Waals surface area contributed by atoms with E-state index in [1.165, 1.54) is 11.1 Å². The maximum absolute atomic E-state index is 4.71. The highest BCUT2D eigenvalue weighted by Gasteiger charge is 1.76. The third-order valence-electron chi connectivity index (χ3n) is 2.32. The fraction of sp³-hybridized carbons (Fsp3) is 0.176. The van der Waals surface area contributed by atoms with Gasteiger partial charge in [-0.15, -0.1) is 0 Å². The molecule has 20 heavy (non-hydrogen) atoms. The van der Waals surface area contributed by atoms with Crippen LogP contribution in [-0.4, -0.2) is 9.97 Å². The van der Waals surface area contributed by atoms with Gasteiger partial charge < -0.3 is 4.42 Å². The number of hydrogen-bond donors (Lipinski definition) is 0. The van der Waals surface area contributed by atoms with Crippen molar-refractivity contribution in [3.63, 3.8) is 0 Å². The number of furan rings is 1. The van der Waals surface area contributed by atoms with Crippen molar-refractivity contribution in [3.8, 4) is 0 Å². The highest BCUT2D eigenvalue weighted by atomic mass is 16.3. The van der Waals surface area contributed by atoms with Crippen LogP contribution >= 0.6 is 0 Å². The van der Waals surface area contributed by atoms with E-state index in [9.17, 15) is 0 Å². The summed E-state index contributed by atoms with van der Waals surface area (Å²) >= 11 is 0. The third kappa shape index (κ3) is 7.82. The van der Waals surface area contributed by atoms with Crippen molar-refractivity contribution >= 4 is 0 Å². The van der Waals surface area contributed by atoms with Gasteiger partial charge in [0, 0.05) is 24.3 Å². The molecule has 0 aliphatic heterocycles. The molecule has 0 fully saturated rings. The molecule has 3 aromatic rings. The van der Waals surface area contributed by atoms with E-state index in [1.54, 1.807) is 31.1 Å². The van der Waals surface area contributed by atoms with E-state index in [4.69, 9.17) is 4.42 Å². The van der Waals surface area contributed by atoms with E-state index in [-0.39, 0.29) is 0 Å². The minimum atomic E-state index is 1.07. The van der Waals surface area contributed by atoms with Crippen LogP contribution in [0.2, 0.25) is 0 Å². The molecule has 0 aliphatic carbocycles. The van der Waals surface area contributed by atoms with Crippen LogP contribution in [0.25, 0.3) is 0 Å². The lowest BCUT2D eigenvalue weighted by atomic mass is 10.3. The Morgan fingerprint density at radius 2 is 1.55 bits per heavy atom. The summed E-state index contributed by atoms with van der Waals surface area (Å²) in [6.45, 7) is 6.01. The Bertz CT molecular complexity index is 511. The van der Waals surface area contributed by atoms with Crippen molar-refractivity contribution in [1.82, 2.24) is 9.97 Å². The van der Waals surface area contributed by atoms with Crippen molar-refractivity contribution < 1.29 is 4.42 Å². The maximum atomic E-state index is 4.71. The van der Waals surface area contributed by atoms with Gasteiger partial charge in [0.05, 0.1) is 12.5 Å². The summed E-state index contributed by atoms with van der Waals surface area (Å²) < 4.78 is 4.71. The Labute approximate surface area is 120 Å². The lowest BCUT2D eigenvalue weighted by Gasteiger charge is -1.82. The second-order valence-electron chi connectivity index (χ2n) is 4.30. The standard InChI is InChI=1S/2C6H7N.C5H6O/c1-6-2-4-7-5-3-6;1-6-4-2-3-5-7-6;1-5-2-3-6-4-5/h2*2-5H,1H3;2-4H,1H3. The van der Waals surface area contributed by atoms with Gasteiger partial charge in [-0.3, -0.25) is 9.97 Å². The first-order valence-electron chi connectivity index (χ1n) is 6.41. The highest BCUT2D eigenvalue weighted by Crippen LogP contribution is 1.93. The van der Waals surface area contributed by atoms with Crippen LogP contribution in [0.1, 0.15) is 16.8 Å². The predicted molar refractivity (Wildman–Crippen MR) is 81.4 cm³/mol. The van der Waals surface area contributed by atoms with Gasteiger partial charge in [0.1, 0.15) is 0 Å². The van der Waals surface area contributed by atoms with Gasteiger partial charge in [0.2, 0.25) is 0 Å². The molecule has 0 amide bonds. The number of aryl methyl sites for hydroxylation is 3. The molecule has 0 unspecified atom stereocenters. The van der Waals surface area contributed by atoms with E-state index in [1.807, 2.05) is 57.2 Å². The van der Waals surface area contributed by atoms with Gasteiger partial charge in [0.15, 0.2) is 0 Å². The normalized spacial score (nSPS) is 8.75. The predicted octanol–water partition coefficient (Wildman–Crippen LogP) is 4.37. The molecule has 0 atom stereocenters. The van der Waals surface area contributed by atoms with Crippen molar-refractivity contribution in [1.29, 1.82) is 0 Å². The summed E-state index contributed by atoms with van der Waals surface area (Å²) in [6.07, 6.45) is 8.73. The quantitative estimate of drug-likeness (QED) is 0.607. The summed E-state index contributed by atoms with van der Waals surface area (Å²) in [5, 5.41) is 0. The summed E-state index contributed by atoms with van der Waals surface area (Å²) in [4.78, 5) is 7.82. The van der Waals surface area contributed by atoms with Crippen molar-refractivity contribution in [2.24, 2.45) is 0 Å². The lowest BCUT2D eigenvalue weighted by Crippen LogP contribution is -1.72. The average Bonchev–Trinajstić information content (AvgIpc) is 2.93. The monoisotopic (exact) mass is 268 g/mol. The Balaban J connectivity index is 0.000000151. The van der Waals surface area contributed by atoms with Gasteiger partial charge in [0.25, 0.3) is 0 Å². The summed E-state index contributed by atoms with van der Waals surface area (Å²) in [7, 11) is 0. The second-order valence-corrected chi connectivity index (χ2v) is 4.30. The van der Waals surface area contributed by atoms with Crippen LogP contribution in [-0.2, 0) is 0 Å². The average molecular weight is 268 g/mol. The smallest absolute Gasteiger partial charge is 0.0931 e. The second kappa shape index (κ2) is 9.50. The zero-order valence-electron chi connectivity index (χ0n) is 12.2. The zero-order valence-corrected chi connectivity index (χ0v) is 12.2. The first-order chi connectivity index (χ1) is 9.68. The topological polar surface area (TPSA) is 38.9 Å². The summed E-state index contributed by atoms with van der Waals surface area (Å²) in [5.41, 5.74) is 3.51. The largest absolute Gasteiger partial charge is 0.472 e. The van der Waals surface area contributed by atoms with Crippen LogP contribution < -0.4 is 0 Å². The molecule has 3 aromatic heterocycles. The van der Waals surface area contributed by atoms with E-state index in [0.29, 0.717) is 0 Å². The molecule has 3 heteroatoms. The maximum Gasteiger partial charge on any atom is 0.0931 e.